The van der Waals surface area contributed by atoms with Gasteiger partial charge in [0.05, 0.1) is 18.2 Å². The van der Waals surface area contributed by atoms with E-state index < -0.39 is 5.97 Å². The highest BCUT2D eigenvalue weighted by Crippen LogP contribution is 2.28. The summed E-state index contributed by atoms with van der Waals surface area (Å²) in [5.74, 6) is 5.37. The summed E-state index contributed by atoms with van der Waals surface area (Å²) in [7, 11) is 0. The van der Waals surface area contributed by atoms with Crippen molar-refractivity contribution in [2.24, 2.45) is 0 Å². The van der Waals surface area contributed by atoms with E-state index in [4.69, 9.17) is 10.00 Å². The van der Waals surface area contributed by atoms with Gasteiger partial charge in [-0.1, -0.05) is 54.8 Å². The first kappa shape index (κ1) is 21.6. The first-order chi connectivity index (χ1) is 15.1. The number of nitriles is 1. The van der Waals surface area contributed by atoms with Gasteiger partial charge in [-0.05, 0) is 53.4 Å². The third-order valence-corrected chi connectivity index (χ3v) is 4.60. The molecule has 0 fully saturated rings. The van der Waals surface area contributed by atoms with Crippen molar-refractivity contribution in [2.75, 3.05) is 6.61 Å². The lowest BCUT2D eigenvalue weighted by Gasteiger charge is -2.07. The zero-order chi connectivity index (χ0) is 22.1. The van der Waals surface area contributed by atoms with E-state index in [1.807, 2.05) is 30.3 Å². The molecule has 0 radical (unpaired) electrons. The molecule has 0 spiro atoms. The molecule has 0 aliphatic carbocycles. The molecule has 3 aromatic rings. The zero-order valence-electron chi connectivity index (χ0n) is 16.9. The summed E-state index contributed by atoms with van der Waals surface area (Å²) in [6.45, 7) is 3.66. The minimum atomic E-state index is -0.426. The molecule has 0 N–H and O–H groups in total. The molecule has 0 heterocycles. The van der Waals surface area contributed by atoms with Crippen LogP contribution in [-0.2, 0) is 9.53 Å². The van der Waals surface area contributed by atoms with Crippen LogP contribution < -0.4 is 0 Å². The van der Waals surface area contributed by atoms with E-state index in [-0.39, 0.29) is 5.82 Å². The van der Waals surface area contributed by atoms with Gasteiger partial charge >= 0.3 is 5.97 Å². The maximum absolute atomic E-state index is 14.7. The van der Waals surface area contributed by atoms with Crippen LogP contribution in [0.3, 0.4) is 0 Å². The van der Waals surface area contributed by atoms with Gasteiger partial charge in [-0.15, -0.1) is 0 Å². The van der Waals surface area contributed by atoms with Crippen LogP contribution in [0, 0.1) is 29.0 Å². The molecule has 3 rings (SSSR count). The first-order valence-corrected chi connectivity index (χ1v) is 9.79. The number of hydrogen-bond acceptors (Lipinski definition) is 3. The molecular formula is C27H20FNO2. The topological polar surface area (TPSA) is 50.1 Å². The Morgan fingerprint density at radius 1 is 0.968 bits per heavy atom. The van der Waals surface area contributed by atoms with E-state index in [0.717, 1.165) is 28.3 Å². The van der Waals surface area contributed by atoms with E-state index in [0.29, 0.717) is 30.6 Å². The summed E-state index contributed by atoms with van der Waals surface area (Å²) in [5.41, 5.74) is 4.30. The van der Waals surface area contributed by atoms with E-state index in [1.165, 1.54) is 6.07 Å². The van der Waals surface area contributed by atoms with Crippen LogP contribution in [0.25, 0.3) is 22.3 Å². The number of carbonyl (C=O) groups excluding carboxylic acids is 1. The molecule has 0 atom stereocenters. The molecule has 0 aliphatic rings. The Morgan fingerprint density at radius 2 is 1.61 bits per heavy atom. The second kappa shape index (κ2) is 10.6. The lowest BCUT2D eigenvalue weighted by atomic mass is 9.98. The summed E-state index contributed by atoms with van der Waals surface area (Å²) in [4.78, 5) is 10.9. The smallest absolute Gasteiger partial charge is 0.330 e. The number of unbranched alkanes of at least 4 members (excludes halogenated alkanes) is 1. The molecule has 0 bridgehead atoms. The number of carbonyl (C=O) groups is 1. The number of halogens is 1. The molecule has 3 aromatic carbocycles. The maximum Gasteiger partial charge on any atom is 0.330 e. The Bertz CT molecular complexity index is 1180. The SMILES string of the molecule is C=CC(=O)OCCCC#Cc1ccc(-c2ccc(-c3ccc(C#N)cc3)c(F)c2)cc1. The number of hydrogen-bond donors (Lipinski definition) is 0. The summed E-state index contributed by atoms with van der Waals surface area (Å²) in [5, 5.41) is 8.89. The fraction of sp³-hybridized carbons (Fsp3) is 0.111. The normalized spacial score (nSPS) is 9.81. The second-order valence-corrected chi connectivity index (χ2v) is 6.74. The van der Waals surface area contributed by atoms with Crippen molar-refractivity contribution in [3.05, 3.63) is 96.3 Å². The molecular weight excluding hydrogens is 389 g/mol. The third kappa shape index (κ3) is 5.92. The molecule has 0 saturated carbocycles. The fourth-order valence-corrected chi connectivity index (χ4v) is 2.96. The lowest BCUT2D eigenvalue weighted by molar-refractivity contribution is -0.137. The Morgan fingerprint density at radius 3 is 2.26 bits per heavy atom. The number of nitrogens with zero attached hydrogens (tertiary/aromatic N) is 1. The van der Waals surface area contributed by atoms with E-state index in [1.54, 1.807) is 30.3 Å². The zero-order valence-corrected chi connectivity index (χ0v) is 16.9. The van der Waals surface area contributed by atoms with Crippen molar-refractivity contribution in [1.29, 1.82) is 5.26 Å². The maximum atomic E-state index is 14.7. The Kier molecular flexibility index (Phi) is 7.35. The quantitative estimate of drug-likeness (QED) is 0.221. The van der Waals surface area contributed by atoms with Crippen molar-refractivity contribution in [3.63, 3.8) is 0 Å². The molecule has 4 heteroatoms. The largest absolute Gasteiger partial charge is 0.463 e. The van der Waals surface area contributed by atoms with Crippen LogP contribution in [0.4, 0.5) is 4.39 Å². The van der Waals surface area contributed by atoms with Crippen LogP contribution in [0.15, 0.2) is 79.4 Å². The molecule has 0 aliphatic heterocycles. The van der Waals surface area contributed by atoms with Crippen LogP contribution in [0.2, 0.25) is 0 Å². The predicted molar refractivity (Wildman–Crippen MR) is 119 cm³/mol. The minimum absolute atomic E-state index is 0.316. The molecule has 152 valence electrons. The standard InChI is InChI=1S/C27H20FNO2/c1-2-27(30)31-17-5-3-4-6-20-7-11-22(12-8-20)24-15-16-25(26(28)18-24)23-13-9-21(19-29)10-14-23/h2,7-16,18H,1,3,5,17H2. The molecule has 0 saturated heterocycles. The highest BCUT2D eigenvalue weighted by atomic mass is 19.1. The molecule has 0 unspecified atom stereocenters. The van der Waals surface area contributed by atoms with Gasteiger partial charge in [-0.2, -0.15) is 5.26 Å². The summed E-state index contributed by atoms with van der Waals surface area (Å²) in [6.07, 6.45) is 2.42. The van der Waals surface area contributed by atoms with Crippen LogP contribution in [0.1, 0.15) is 24.0 Å². The lowest BCUT2D eigenvalue weighted by Crippen LogP contribution is -2.01. The van der Waals surface area contributed by atoms with Crippen molar-refractivity contribution < 1.29 is 13.9 Å². The first-order valence-electron chi connectivity index (χ1n) is 9.79. The summed E-state index contributed by atoms with van der Waals surface area (Å²) < 4.78 is 19.6. The van der Waals surface area contributed by atoms with Crippen molar-refractivity contribution >= 4 is 5.97 Å². The average molecular weight is 409 g/mol. The van der Waals surface area contributed by atoms with Gasteiger partial charge < -0.3 is 4.74 Å². The molecule has 31 heavy (non-hydrogen) atoms. The third-order valence-electron chi connectivity index (χ3n) is 4.60. The van der Waals surface area contributed by atoms with Gasteiger partial charge in [0.25, 0.3) is 0 Å². The molecule has 3 nitrogen and oxygen atoms in total. The van der Waals surface area contributed by atoms with Crippen molar-refractivity contribution in [1.82, 2.24) is 0 Å². The van der Waals surface area contributed by atoms with Crippen LogP contribution in [0.5, 0.6) is 0 Å². The predicted octanol–water partition coefficient (Wildman–Crippen LogP) is 5.89. The minimum Gasteiger partial charge on any atom is -0.463 e. The summed E-state index contributed by atoms with van der Waals surface area (Å²) >= 11 is 0. The van der Waals surface area contributed by atoms with Gasteiger partial charge in [0.2, 0.25) is 0 Å². The Balaban J connectivity index is 1.64. The van der Waals surface area contributed by atoms with Gasteiger partial charge in [-0.25, -0.2) is 9.18 Å². The molecule has 0 aromatic heterocycles. The summed E-state index contributed by atoms with van der Waals surface area (Å²) in [6, 6.07) is 21.6. The molecule has 0 amide bonds. The van der Waals surface area contributed by atoms with Crippen molar-refractivity contribution in [3.8, 4) is 40.2 Å². The van der Waals surface area contributed by atoms with Crippen molar-refractivity contribution in [2.45, 2.75) is 12.8 Å². The van der Waals surface area contributed by atoms with Gasteiger partial charge in [0.1, 0.15) is 5.82 Å². The Labute approximate surface area is 181 Å². The monoisotopic (exact) mass is 409 g/mol. The number of benzene rings is 3. The van der Waals surface area contributed by atoms with Gasteiger partial charge in [0.15, 0.2) is 0 Å². The van der Waals surface area contributed by atoms with E-state index in [2.05, 4.69) is 24.5 Å². The van der Waals surface area contributed by atoms with E-state index in [9.17, 15) is 9.18 Å². The number of esters is 1. The Hall–Kier alpha value is -4.15. The number of ether oxygens (including phenoxy) is 1. The highest BCUT2D eigenvalue weighted by Gasteiger charge is 2.08. The second-order valence-electron chi connectivity index (χ2n) is 6.74. The van der Waals surface area contributed by atoms with Crippen LogP contribution >= 0.6 is 0 Å². The fourth-order valence-electron chi connectivity index (χ4n) is 2.96. The van der Waals surface area contributed by atoms with E-state index >= 15 is 0 Å². The number of rotatable bonds is 6. The van der Waals surface area contributed by atoms with Crippen LogP contribution in [-0.4, -0.2) is 12.6 Å². The van der Waals surface area contributed by atoms with Gasteiger partial charge in [-0.3, -0.25) is 0 Å². The highest BCUT2D eigenvalue weighted by molar-refractivity contribution is 5.81. The average Bonchev–Trinajstić information content (AvgIpc) is 2.81. The van der Waals surface area contributed by atoms with Gasteiger partial charge in [0, 0.05) is 23.6 Å².